The summed E-state index contributed by atoms with van der Waals surface area (Å²) in [6, 6.07) is 0. The smallest absolute Gasteiger partial charge is 0.132 e. The molecule has 2 rings (SSSR count). The predicted molar refractivity (Wildman–Crippen MR) is 81.2 cm³/mol. The third kappa shape index (κ3) is 3.55. The first-order valence-electron chi connectivity index (χ1n) is 7.59. The van der Waals surface area contributed by atoms with Gasteiger partial charge in [-0.15, -0.1) is 0 Å². The Morgan fingerprint density at radius 1 is 1.30 bits per heavy atom. The monoisotopic (exact) mass is 277 g/mol. The molecule has 0 spiro atoms. The molecule has 4 nitrogen and oxygen atoms in total. The molecule has 4 heteroatoms. The van der Waals surface area contributed by atoms with E-state index in [2.05, 4.69) is 33.0 Å². The van der Waals surface area contributed by atoms with E-state index in [4.69, 9.17) is 14.7 Å². The van der Waals surface area contributed by atoms with Crippen LogP contribution in [0.4, 0.5) is 0 Å². The maximum absolute atomic E-state index is 5.05. The van der Waals surface area contributed by atoms with Crippen molar-refractivity contribution >= 4 is 0 Å². The highest BCUT2D eigenvalue weighted by molar-refractivity contribution is 5.30. The zero-order chi connectivity index (χ0) is 14.7. The quantitative estimate of drug-likeness (QED) is 0.778. The van der Waals surface area contributed by atoms with Gasteiger partial charge in [-0.25, -0.2) is 9.97 Å². The predicted octanol–water partition coefficient (Wildman–Crippen LogP) is 2.56. The Morgan fingerprint density at radius 2 is 1.90 bits per heavy atom. The van der Waals surface area contributed by atoms with E-state index in [1.54, 1.807) is 7.11 Å². The Kier molecular flexibility index (Phi) is 5.11. The minimum absolute atomic E-state index is 0.428. The summed E-state index contributed by atoms with van der Waals surface area (Å²) < 4.78 is 5.05. The van der Waals surface area contributed by atoms with Crippen LogP contribution < -0.4 is 5.32 Å². The van der Waals surface area contributed by atoms with Gasteiger partial charge >= 0.3 is 0 Å². The lowest BCUT2D eigenvalue weighted by atomic mass is 9.98. The van der Waals surface area contributed by atoms with E-state index < -0.39 is 0 Å². The summed E-state index contributed by atoms with van der Waals surface area (Å²) >= 11 is 0. The summed E-state index contributed by atoms with van der Waals surface area (Å²) in [7, 11) is 1.73. The Hall–Kier alpha value is -1.00. The molecule has 0 aliphatic heterocycles. The normalized spacial score (nSPS) is 22.9. The Bertz CT molecular complexity index is 438. The van der Waals surface area contributed by atoms with Crippen LogP contribution >= 0.6 is 0 Å². The lowest BCUT2D eigenvalue weighted by molar-refractivity contribution is 0.199. The summed E-state index contributed by atoms with van der Waals surface area (Å²) in [5.41, 5.74) is 3.59. The van der Waals surface area contributed by atoms with Crippen LogP contribution in [0.15, 0.2) is 0 Å². The summed E-state index contributed by atoms with van der Waals surface area (Å²) in [4.78, 5) is 9.50. The van der Waals surface area contributed by atoms with Crippen LogP contribution in [-0.2, 0) is 4.74 Å². The van der Waals surface area contributed by atoms with Gasteiger partial charge in [-0.3, -0.25) is 0 Å². The molecule has 1 aromatic heterocycles. The van der Waals surface area contributed by atoms with Crippen molar-refractivity contribution in [1.29, 1.82) is 0 Å². The fourth-order valence-electron chi connectivity index (χ4n) is 2.91. The van der Waals surface area contributed by atoms with Gasteiger partial charge in [-0.05, 0) is 37.7 Å². The number of ether oxygens (including phenoxy) is 1. The van der Waals surface area contributed by atoms with Crippen LogP contribution in [0.25, 0.3) is 0 Å². The molecule has 1 aliphatic carbocycles. The molecule has 1 fully saturated rings. The van der Waals surface area contributed by atoms with Crippen LogP contribution in [-0.4, -0.2) is 36.8 Å². The van der Waals surface area contributed by atoms with E-state index in [1.165, 1.54) is 12.0 Å². The van der Waals surface area contributed by atoms with Gasteiger partial charge in [-0.2, -0.15) is 0 Å². The average molecular weight is 277 g/mol. The second-order valence-electron chi connectivity index (χ2n) is 6.08. The number of methoxy groups -OCH3 is 1. The van der Waals surface area contributed by atoms with Crippen LogP contribution in [0.3, 0.4) is 0 Å². The second kappa shape index (κ2) is 6.64. The van der Waals surface area contributed by atoms with Gasteiger partial charge in [0.25, 0.3) is 0 Å². The van der Waals surface area contributed by atoms with Crippen molar-refractivity contribution in [2.75, 3.05) is 26.8 Å². The zero-order valence-electron chi connectivity index (χ0n) is 13.4. The van der Waals surface area contributed by atoms with E-state index in [-0.39, 0.29) is 0 Å². The van der Waals surface area contributed by atoms with Gasteiger partial charge in [-0.1, -0.05) is 13.8 Å². The third-order valence-electron chi connectivity index (χ3n) is 4.21. The summed E-state index contributed by atoms with van der Waals surface area (Å²) in [5.74, 6) is 2.83. The molecule has 112 valence electrons. The molecule has 20 heavy (non-hydrogen) atoms. The van der Waals surface area contributed by atoms with Crippen molar-refractivity contribution in [2.45, 2.75) is 46.0 Å². The van der Waals surface area contributed by atoms with Crippen LogP contribution in [0, 0.1) is 19.8 Å². The van der Waals surface area contributed by atoms with Crippen LogP contribution in [0.1, 0.15) is 54.9 Å². The molecule has 0 saturated heterocycles. The molecule has 0 radical (unpaired) electrons. The van der Waals surface area contributed by atoms with Crippen LogP contribution in [0.5, 0.6) is 0 Å². The topological polar surface area (TPSA) is 47.0 Å². The van der Waals surface area contributed by atoms with E-state index in [1.807, 2.05) is 0 Å². The summed E-state index contributed by atoms with van der Waals surface area (Å²) in [6.07, 6.45) is 1.24. The number of aryl methyl sites for hydroxylation is 2. The minimum Gasteiger partial charge on any atom is -0.383 e. The molecular weight excluding hydrogens is 250 g/mol. The van der Waals surface area contributed by atoms with Gasteiger partial charge in [0.05, 0.1) is 6.61 Å². The van der Waals surface area contributed by atoms with Crippen molar-refractivity contribution in [1.82, 2.24) is 15.3 Å². The van der Waals surface area contributed by atoms with Gasteiger partial charge in [0.2, 0.25) is 0 Å². The van der Waals surface area contributed by atoms with Crippen molar-refractivity contribution in [3.05, 3.63) is 22.8 Å². The lowest BCUT2D eigenvalue weighted by Gasteiger charge is -2.18. The molecular formula is C16H27N3O. The molecule has 0 bridgehead atoms. The molecule has 1 N–H and O–H groups in total. The molecule has 0 amide bonds. The highest BCUT2D eigenvalue weighted by Gasteiger charge is 2.37. The van der Waals surface area contributed by atoms with Crippen molar-refractivity contribution in [3.8, 4) is 0 Å². The lowest BCUT2D eigenvalue weighted by Crippen LogP contribution is -2.25. The zero-order valence-corrected chi connectivity index (χ0v) is 13.4. The van der Waals surface area contributed by atoms with Crippen LogP contribution in [0.2, 0.25) is 0 Å². The van der Waals surface area contributed by atoms with E-state index >= 15 is 0 Å². The Balaban J connectivity index is 2.03. The average Bonchev–Trinajstić information content (AvgIpc) is 3.11. The standard InChI is InChI=1S/C16H27N3O/c1-10-8-14(10)16-18-12(3)15(13(4)19-16)11(2)9-17-6-7-20-5/h10-11,14,17H,6-9H2,1-5H3. The van der Waals surface area contributed by atoms with Crippen molar-refractivity contribution in [2.24, 2.45) is 5.92 Å². The van der Waals surface area contributed by atoms with Gasteiger partial charge in [0.15, 0.2) is 0 Å². The van der Waals surface area contributed by atoms with Crippen molar-refractivity contribution in [3.63, 3.8) is 0 Å². The number of aromatic nitrogens is 2. The number of rotatable bonds is 7. The number of nitrogens with zero attached hydrogens (tertiary/aromatic N) is 2. The largest absolute Gasteiger partial charge is 0.383 e. The second-order valence-corrected chi connectivity index (χ2v) is 6.08. The molecule has 1 aliphatic rings. The number of nitrogens with one attached hydrogen (secondary N) is 1. The fourth-order valence-corrected chi connectivity index (χ4v) is 2.91. The Labute approximate surface area is 122 Å². The van der Waals surface area contributed by atoms with Crippen molar-refractivity contribution < 1.29 is 4.74 Å². The van der Waals surface area contributed by atoms with E-state index in [0.717, 1.165) is 42.8 Å². The minimum atomic E-state index is 0.428. The number of hydrogen-bond donors (Lipinski definition) is 1. The molecule has 0 aromatic carbocycles. The van der Waals surface area contributed by atoms with Gasteiger partial charge in [0.1, 0.15) is 5.82 Å². The van der Waals surface area contributed by atoms with Gasteiger partial charge in [0, 0.05) is 37.5 Å². The molecule has 1 saturated carbocycles. The first-order valence-corrected chi connectivity index (χ1v) is 7.59. The SMILES string of the molecule is COCCNCC(C)c1c(C)nc(C2CC2C)nc1C. The highest BCUT2D eigenvalue weighted by Crippen LogP contribution is 2.45. The molecule has 3 unspecified atom stereocenters. The third-order valence-corrected chi connectivity index (χ3v) is 4.21. The number of hydrogen-bond acceptors (Lipinski definition) is 4. The Morgan fingerprint density at radius 3 is 2.40 bits per heavy atom. The first kappa shape index (κ1) is 15.4. The maximum atomic E-state index is 5.05. The molecule has 3 atom stereocenters. The van der Waals surface area contributed by atoms with E-state index in [9.17, 15) is 0 Å². The summed E-state index contributed by atoms with van der Waals surface area (Å²) in [5, 5.41) is 3.42. The maximum Gasteiger partial charge on any atom is 0.132 e. The summed E-state index contributed by atoms with van der Waals surface area (Å²) in [6.45, 7) is 11.3. The molecule has 1 aromatic rings. The fraction of sp³-hybridized carbons (Fsp3) is 0.750. The molecule has 1 heterocycles. The highest BCUT2D eigenvalue weighted by atomic mass is 16.5. The van der Waals surface area contributed by atoms with Gasteiger partial charge < -0.3 is 10.1 Å². The first-order chi connectivity index (χ1) is 9.54. The van der Waals surface area contributed by atoms with E-state index in [0.29, 0.717) is 11.8 Å².